The lowest BCUT2D eigenvalue weighted by molar-refractivity contribution is 0.0607. The average Bonchev–Trinajstić information content (AvgIpc) is 2.84. The van der Waals surface area contributed by atoms with Crippen LogP contribution in [0.1, 0.15) is 40.5 Å². The Morgan fingerprint density at radius 2 is 1.71 bits per heavy atom. The van der Waals surface area contributed by atoms with Crippen LogP contribution >= 0.6 is 0 Å². The summed E-state index contributed by atoms with van der Waals surface area (Å²) >= 11 is 0. The lowest BCUT2D eigenvalue weighted by Gasteiger charge is -2.23. The van der Waals surface area contributed by atoms with Crippen LogP contribution in [0.2, 0.25) is 0 Å². The van der Waals surface area contributed by atoms with Gasteiger partial charge in [-0.1, -0.05) is 23.8 Å². The normalized spacial score (nSPS) is 23.0. The van der Waals surface area contributed by atoms with Crippen LogP contribution in [0.4, 0.5) is 0 Å². The van der Waals surface area contributed by atoms with Gasteiger partial charge >= 0.3 is 0 Å². The molecule has 2 amide bonds. The highest BCUT2D eigenvalue weighted by atomic mass is 16.2. The molecule has 1 heterocycles. The van der Waals surface area contributed by atoms with Crippen molar-refractivity contribution in [3.63, 3.8) is 0 Å². The van der Waals surface area contributed by atoms with Crippen molar-refractivity contribution < 1.29 is 9.59 Å². The molecule has 1 aromatic rings. The van der Waals surface area contributed by atoms with E-state index in [9.17, 15) is 9.59 Å². The number of rotatable bonds is 1. The van der Waals surface area contributed by atoms with E-state index >= 15 is 0 Å². The van der Waals surface area contributed by atoms with E-state index in [0.717, 1.165) is 18.4 Å². The Morgan fingerprint density at radius 1 is 1.12 bits per heavy atom. The monoisotopic (exact) mass is 227 g/mol. The summed E-state index contributed by atoms with van der Waals surface area (Å²) in [6, 6.07) is 7.01. The maximum absolute atomic E-state index is 12.2. The zero-order valence-electron chi connectivity index (χ0n) is 9.64. The maximum atomic E-state index is 12.2. The Hall–Kier alpha value is -1.90. The van der Waals surface area contributed by atoms with Crippen LogP contribution in [0.25, 0.3) is 0 Å². The molecule has 2 aliphatic rings. The minimum absolute atomic E-state index is 0.0394. The van der Waals surface area contributed by atoms with Crippen molar-refractivity contribution in [2.24, 2.45) is 0 Å². The molecular formula is C14H13NO2. The van der Waals surface area contributed by atoms with Gasteiger partial charge in [-0.05, 0) is 31.9 Å². The Morgan fingerprint density at radius 3 is 2.18 bits per heavy atom. The van der Waals surface area contributed by atoms with E-state index in [4.69, 9.17) is 0 Å². The van der Waals surface area contributed by atoms with E-state index in [1.54, 1.807) is 24.3 Å². The molecule has 86 valence electrons. The van der Waals surface area contributed by atoms with Gasteiger partial charge in [-0.15, -0.1) is 0 Å². The van der Waals surface area contributed by atoms with Crippen LogP contribution < -0.4 is 0 Å². The van der Waals surface area contributed by atoms with Crippen LogP contribution in [0, 0.1) is 0 Å². The third-order valence-corrected chi connectivity index (χ3v) is 3.57. The predicted molar refractivity (Wildman–Crippen MR) is 63.7 cm³/mol. The Kier molecular flexibility index (Phi) is 2.15. The van der Waals surface area contributed by atoms with Crippen LogP contribution in [0.5, 0.6) is 0 Å². The van der Waals surface area contributed by atoms with Crippen molar-refractivity contribution in [2.75, 3.05) is 0 Å². The highest BCUT2D eigenvalue weighted by Crippen LogP contribution is 2.31. The molecule has 0 unspecified atom stereocenters. The van der Waals surface area contributed by atoms with E-state index in [0.29, 0.717) is 11.1 Å². The standard InChI is InChI=1S/C14H13NO2/c1-9-5-4-8-12(9)15-13(16)10-6-2-3-7-11(10)14(15)17/h2-3,5-7,12H,4,8H2,1H3/t12-/m1/s1. The molecule has 0 N–H and O–H groups in total. The summed E-state index contributed by atoms with van der Waals surface area (Å²) in [6.07, 6.45) is 3.91. The largest absolute Gasteiger partial charge is 0.269 e. The smallest absolute Gasteiger partial charge is 0.262 e. The molecule has 1 aliphatic heterocycles. The number of carbonyl (C=O) groups excluding carboxylic acids is 2. The van der Waals surface area contributed by atoms with E-state index in [1.807, 2.05) is 6.92 Å². The lowest BCUT2D eigenvalue weighted by atomic mass is 10.1. The Labute approximate surface area is 99.7 Å². The Balaban J connectivity index is 2.04. The fraction of sp³-hybridized carbons (Fsp3) is 0.286. The molecule has 0 bridgehead atoms. The molecule has 0 spiro atoms. The molecule has 3 heteroatoms. The van der Waals surface area contributed by atoms with Crippen molar-refractivity contribution in [2.45, 2.75) is 25.8 Å². The van der Waals surface area contributed by atoms with E-state index in [1.165, 1.54) is 4.90 Å². The number of allylic oxidation sites excluding steroid dienone is 1. The third-order valence-electron chi connectivity index (χ3n) is 3.57. The number of nitrogens with zero attached hydrogens (tertiary/aromatic N) is 1. The van der Waals surface area contributed by atoms with E-state index in [2.05, 4.69) is 6.08 Å². The van der Waals surface area contributed by atoms with Crippen molar-refractivity contribution in [3.05, 3.63) is 47.0 Å². The summed E-state index contributed by atoms with van der Waals surface area (Å²) in [4.78, 5) is 25.9. The van der Waals surface area contributed by atoms with Crippen LogP contribution in [-0.4, -0.2) is 22.8 Å². The predicted octanol–water partition coefficient (Wildman–Crippen LogP) is 2.39. The first-order valence-corrected chi connectivity index (χ1v) is 5.83. The molecule has 3 rings (SSSR count). The summed E-state index contributed by atoms with van der Waals surface area (Å²) in [7, 11) is 0. The number of benzene rings is 1. The highest BCUT2D eigenvalue weighted by molar-refractivity contribution is 6.21. The number of fused-ring (bicyclic) bond motifs is 1. The summed E-state index contributed by atoms with van der Waals surface area (Å²) in [6.45, 7) is 1.99. The maximum Gasteiger partial charge on any atom is 0.262 e. The lowest BCUT2D eigenvalue weighted by Crippen LogP contribution is -2.39. The second-order valence-corrected chi connectivity index (χ2v) is 4.57. The van der Waals surface area contributed by atoms with Gasteiger partial charge in [-0.25, -0.2) is 0 Å². The first-order chi connectivity index (χ1) is 8.20. The van der Waals surface area contributed by atoms with Gasteiger partial charge in [0.2, 0.25) is 0 Å². The number of hydrogen-bond donors (Lipinski definition) is 0. The van der Waals surface area contributed by atoms with Crippen LogP contribution in [0.15, 0.2) is 35.9 Å². The summed E-state index contributed by atoms with van der Waals surface area (Å²) in [5.74, 6) is -0.296. The number of carbonyl (C=O) groups is 2. The number of hydrogen-bond acceptors (Lipinski definition) is 2. The van der Waals surface area contributed by atoms with Gasteiger partial charge in [-0.2, -0.15) is 0 Å². The first kappa shape index (κ1) is 10.3. The summed E-state index contributed by atoms with van der Waals surface area (Å²) in [5.41, 5.74) is 2.20. The molecular weight excluding hydrogens is 214 g/mol. The molecule has 3 nitrogen and oxygen atoms in total. The molecule has 0 aromatic heterocycles. The molecule has 17 heavy (non-hydrogen) atoms. The molecule has 0 fully saturated rings. The van der Waals surface area contributed by atoms with Gasteiger partial charge in [0.1, 0.15) is 0 Å². The fourth-order valence-corrected chi connectivity index (χ4v) is 2.66. The molecule has 0 radical (unpaired) electrons. The van der Waals surface area contributed by atoms with Crippen LogP contribution in [0.3, 0.4) is 0 Å². The molecule has 1 aliphatic carbocycles. The van der Waals surface area contributed by atoms with Gasteiger partial charge in [0.25, 0.3) is 11.8 Å². The van der Waals surface area contributed by atoms with Crippen molar-refractivity contribution in [3.8, 4) is 0 Å². The average molecular weight is 227 g/mol. The van der Waals surface area contributed by atoms with Gasteiger partial charge < -0.3 is 0 Å². The minimum atomic E-state index is -0.148. The van der Waals surface area contributed by atoms with Crippen LogP contribution in [-0.2, 0) is 0 Å². The quantitative estimate of drug-likeness (QED) is 0.545. The highest BCUT2D eigenvalue weighted by Gasteiger charge is 2.40. The second-order valence-electron chi connectivity index (χ2n) is 4.57. The second kappa shape index (κ2) is 3.55. The zero-order valence-corrected chi connectivity index (χ0v) is 9.64. The molecule has 1 atom stereocenters. The van der Waals surface area contributed by atoms with Crippen molar-refractivity contribution >= 4 is 11.8 Å². The number of imide groups is 1. The molecule has 0 saturated carbocycles. The SMILES string of the molecule is CC1=CCC[C@H]1N1C(=O)c2ccccc2C1=O. The van der Waals surface area contributed by atoms with Gasteiger partial charge in [0, 0.05) is 0 Å². The van der Waals surface area contributed by atoms with E-state index in [-0.39, 0.29) is 17.9 Å². The summed E-state index contributed by atoms with van der Waals surface area (Å²) < 4.78 is 0. The number of amides is 2. The molecule has 0 saturated heterocycles. The summed E-state index contributed by atoms with van der Waals surface area (Å²) in [5, 5.41) is 0. The minimum Gasteiger partial charge on any atom is -0.269 e. The third kappa shape index (κ3) is 1.35. The van der Waals surface area contributed by atoms with Crippen molar-refractivity contribution in [1.29, 1.82) is 0 Å². The zero-order chi connectivity index (χ0) is 12.0. The van der Waals surface area contributed by atoms with Gasteiger partial charge in [-0.3, -0.25) is 14.5 Å². The van der Waals surface area contributed by atoms with E-state index < -0.39 is 0 Å². The molecule has 1 aromatic carbocycles. The van der Waals surface area contributed by atoms with Gasteiger partial charge in [0.15, 0.2) is 0 Å². The van der Waals surface area contributed by atoms with Crippen molar-refractivity contribution in [1.82, 2.24) is 4.90 Å². The fourth-order valence-electron chi connectivity index (χ4n) is 2.66. The van der Waals surface area contributed by atoms with Gasteiger partial charge in [0.05, 0.1) is 17.2 Å². The first-order valence-electron chi connectivity index (χ1n) is 5.83. The Bertz CT molecular complexity index is 510. The topological polar surface area (TPSA) is 37.4 Å².